The molecular formula is C19H22N2O5S. The van der Waals surface area contributed by atoms with Crippen LogP contribution in [-0.4, -0.2) is 33.4 Å². The van der Waals surface area contributed by atoms with E-state index in [0.29, 0.717) is 22.9 Å². The Labute approximate surface area is 158 Å². The molecule has 0 saturated carbocycles. The van der Waals surface area contributed by atoms with Crippen molar-refractivity contribution >= 4 is 27.3 Å². The number of nitrogens with zero attached hydrogens (tertiary/aromatic N) is 1. The Bertz CT molecular complexity index is 988. The smallest absolute Gasteiger partial charge is 0.247 e. The second-order valence-electron chi connectivity index (χ2n) is 6.58. The number of anilines is 2. The summed E-state index contributed by atoms with van der Waals surface area (Å²) in [7, 11) is -3.68. The molecule has 7 nitrogen and oxygen atoms in total. The van der Waals surface area contributed by atoms with Gasteiger partial charge in [0.25, 0.3) is 0 Å². The summed E-state index contributed by atoms with van der Waals surface area (Å²) < 4.78 is 36.6. The van der Waals surface area contributed by atoms with Crippen LogP contribution >= 0.6 is 0 Å². The number of sulfonamides is 1. The van der Waals surface area contributed by atoms with Crippen LogP contribution in [0.3, 0.4) is 0 Å². The molecule has 1 heterocycles. The summed E-state index contributed by atoms with van der Waals surface area (Å²) in [4.78, 5) is 12.8. The van der Waals surface area contributed by atoms with Crippen LogP contribution in [0.15, 0.2) is 36.4 Å². The molecule has 3 rings (SSSR count). The van der Waals surface area contributed by atoms with E-state index in [4.69, 9.17) is 9.47 Å². The number of hydrogen-bond acceptors (Lipinski definition) is 5. The van der Waals surface area contributed by atoms with Crippen molar-refractivity contribution in [1.29, 1.82) is 0 Å². The standard InChI is InChI=1S/C19H22N2O5S/c1-12-5-6-13(2)16(9-12)21(27(4,23)24)14(3)19(22)20-15-7-8-17-18(10-15)26-11-25-17/h5-10,14H,11H2,1-4H3,(H,20,22). The quantitative estimate of drug-likeness (QED) is 0.849. The highest BCUT2D eigenvalue weighted by Gasteiger charge is 2.30. The van der Waals surface area contributed by atoms with Crippen LogP contribution in [0.25, 0.3) is 0 Å². The summed E-state index contributed by atoms with van der Waals surface area (Å²) in [6.07, 6.45) is 1.10. The fourth-order valence-corrected chi connectivity index (χ4v) is 4.18. The largest absolute Gasteiger partial charge is 0.454 e. The fourth-order valence-electron chi connectivity index (χ4n) is 2.96. The van der Waals surface area contributed by atoms with Crippen molar-refractivity contribution in [3.63, 3.8) is 0 Å². The van der Waals surface area contributed by atoms with Gasteiger partial charge in [-0.15, -0.1) is 0 Å². The lowest BCUT2D eigenvalue weighted by atomic mass is 10.1. The van der Waals surface area contributed by atoms with Gasteiger partial charge >= 0.3 is 0 Å². The summed E-state index contributed by atoms with van der Waals surface area (Å²) in [5, 5.41) is 2.75. The molecule has 2 aromatic rings. The van der Waals surface area contributed by atoms with Crippen LogP contribution in [0.1, 0.15) is 18.1 Å². The minimum atomic E-state index is -3.68. The number of carbonyl (C=O) groups is 1. The lowest BCUT2D eigenvalue weighted by Gasteiger charge is -2.29. The highest BCUT2D eigenvalue weighted by molar-refractivity contribution is 7.92. The number of carbonyl (C=O) groups excluding carboxylic acids is 1. The molecule has 1 unspecified atom stereocenters. The Morgan fingerprint density at radius 1 is 1.11 bits per heavy atom. The molecule has 0 radical (unpaired) electrons. The third kappa shape index (κ3) is 4.00. The molecule has 1 N–H and O–H groups in total. The molecule has 8 heteroatoms. The molecule has 1 aliphatic rings. The minimum absolute atomic E-state index is 0.137. The Hall–Kier alpha value is -2.74. The first-order valence-electron chi connectivity index (χ1n) is 8.44. The Balaban J connectivity index is 1.89. The van der Waals surface area contributed by atoms with Gasteiger partial charge in [0.15, 0.2) is 11.5 Å². The van der Waals surface area contributed by atoms with Gasteiger partial charge in [-0.1, -0.05) is 12.1 Å². The van der Waals surface area contributed by atoms with Gasteiger partial charge in [0.05, 0.1) is 11.9 Å². The van der Waals surface area contributed by atoms with E-state index in [-0.39, 0.29) is 6.79 Å². The first-order valence-corrected chi connectivity index (χ1v) is 10.3. The van der Waals surface area contributed by atoms with E-state index in [1.54, 1.807) is 31.2 Å². The number of fused-ring (bicyclic) bond motifs is 1. The van der Waals surface area contributed by atoms with Crippen LogP contribution in [0.4, 0.5) is 11.4 Å². The van der Waals surface area contributed by atoms with Gasteiger partial charge in [-0.2, -0.15) is 0 Å². The van der Waals surface area contributed by atoms with Crippen molar-refractivity contribution in [3.8, 4) is 11.5 Å². The van der Waals surface area contributed by atoms with E-state index < -0.39 is 22.0 Å². The lowest BCUT2D eigenvalue weighted by molar-refractivity contribution is -0.116. The predicted molar refractivity (Wildman–Crippen MR) is 104 cm³/mol. The molecule has 0 spiro atoms. The van der Waals surface area contributed by atoms with Crippen LogP contribution in [-0.2, 0) is 14.8 Å². The van der Waals surface area contributed by atoms with E-state index >= 15 is 0 Å². The van der Waals surface area contributed by atoms with Crippen LogP contribution < -0.4 is 19.1 Å². The van der Waals surface area contributed by atoms with E-state index in [0.717, 1.165) is 21.7 Å². The average Bonchev–Trinajstić information content (AvgIpc) is 3.04. The molecule has 27 heavy (non-hydrogen) atoms. The molecule has 0 aromatic heterocycles. The molecule has 1 atom stereocenters. The average molecular weight is 390 g/mol. The van der Waals surface area contributed by atoms with Crippen LogP contribution in [0.5, 0.6) is 11.5 Å². The second-order valence-corrected chi connectivity index (χ2v) is 8.44. The number of aryl methyl sites for hydroxylation is 2. The highest BCUT2D eigenvalue weighted by Crippen LogP contribution is 2.34. The lowest BCUT2D eigenvalue weighted by Crippen LogP contribution is -2.45. The van der Waals surface area contributed by atoms with Gasteiger partial charge in [0, 0.05) is 11.8 Å². The maximum absolute atomic E-state index is 12.8. The normalized spacial score (nSPS) is 13.9. The molecule has 2 aromatic carbocycles. The zero-order valence-corrected chi connectivity index (χ0v) is 16.5. The maximum Gasteiger partial charge on any atom is 0.247 e. The zero-order chi connectivity index (χ0) is 19.8. The molecule has 0 bridgehead atoms. The Morgan fingerprint density at radius 2 is 1.81 bits per heavy atom. The molecule has 144 valence electrons. The first-order chi connectivity index (χ1) is 12.7. The summed E-state index contributed by atoms with van der Waals surface area (Å²) >= 11 is 0. The van der Waals surface area contributed by atoms with Crippen molar-refractivity contribution in [2.75, 3.05) is 22.7 Å². The maximum atomic E-state index is 12.8. The number of ether oxygens (including phenoxy) is 2. The van der Waals surface area contributed by atoms with Crippen molar-refractivity contribution < 1.29 is 22.7 Å². The first kappa shape index (κ1) is 19.0. The SMILES string of the molecule is Cc1ccc(C)c(N(C(C)C(=O)Nc2ccc3c(c2)OCO3)S(C)(=O)=O)c1. The molecule has 0 fully saturated rings. The summed E-state index contributed by atoms with van der Waals surface area (Å²) in [5.74, 6) is 0.698. The highest BCUT2D eigenvalue weighted by atomic mass is 32.2. The summed E-state index contributed by atoms with van der Waals surface area (Å²) in [6.45, 7) is 5.39. The summed E-state index contributed by atoms with van der Waals surface area (Å²) in [5.41, 5.74) is 2.68. The second kappa shape index (κ2) is 7.11. The third-order valence-corrected chi connectivity index (χ3v) is 5.56. The van der Waals surface area contributed by atoms with E-state index in [1.165, 1.54) is 0 Å². The molecule has 0 aliphatic carbocycles. The van der Waals surface area contributed by atoms with Crippen molar-refractivity contribution in [1.82, 2.24) is 0 Å². The predicted octanol–water partition coefficient (Wildman–Crippen LogP) is 2.83. The van der Waals surface area contributed by atoms with Gasteiger partial charge in [0.2, 0.25) is 22.7 Å². The molecular weight excluding hydrogens is 368 g/mol. The fraction of sp³-hybridized carbons (Fsp3) is 0.316. The molecule has 1 aliphatic heterocycles. The van der Waals surface area contributed by atoms with Gasteiger partial charge in [0.1, 0.15) is 6.04 Å². The third-order valence-electron chi connectivity index (χ3n) is 4.33. The Morgan fingerprint density at radius 3 is 2.52 bits per heavy atom. The monoisotopic (exact) mass is 390 g/mol. The van der Waals surface area contributed by atoms with Gasteiger partial charge in [-0.3, -0.25) is 9.10 Å². The zero-order valence-electron chi connectivity index (χ0n) is 15.6. The van der Waals surface area contributed by atoms with E-state index in [1.807, 2.05) is 26.0 Å². The van der Waals surface area contributed by atoms with Gasteiger partial charge < -0.3 is 14.8 Å². The number of rotatable bonds is 5. The van der Waals surface area contributed by atoms with Crippen molar-refractivity contribution in [2.45, 2.75) is 26.8 Å². The minimum Gasteiger partial charge on any atom is -0.454 e. The summed E-state index contributed by atoms with van der Waals surface area (Å²) in [6, 6.07) is 9.59. The van der Waals surface area contributed by atoms with E-state index in [9.17, 15) is 13.2 Å². The van der Waals surface area contributed by atoms with Crippen molar-refractivity contribution in [3.05, 3.63) is 47.5 Å². The Kier molecular flexibility index (Phi) is 5.01. The van der Waals surface area contributed by atoms with Crippen LogP contribution in [0, 0.1) is 13.8 Å². The number of benzene rings is 2. The van der Waals surface area contributed by atoms with Gasteiger partial charge in [-0.05, 0) is 50.1 Å². The number of amides is 1. The van der Waals surface area contributed by atoms with Gasteiger partial charge in [-0.25, -0.2) is 8.42 Å². The van der Waals surface area contributed by atoms with Crippen molar-refractivity contribution in [2.24, 2.45) is 0 Å². The molecule has 0 saturated heterocycles. The van der Waals surface area contributed by atoms with E-state index in [2.05, 4.69) is 5.32 Å². The van der Waals surface area contributed by atoms with Crippen LogP contribution in [0.2, 0.25) is 0 Å². The molecule has 1 amide bonds. The topological polar surface area (TPSA) is 84.9 Å². The number of hydrogen-bond donors (Lipinski definition) is 1. The number of nitrogens with one attached hydrogen (secondary N) is 1.